The molecule has 0 saturated carbocycles. The van der Waals surface area contributed by atoms with Crippen LogP contribution in [0.1, 0.15) is 32.4 Å². The monoisotopic (exact) mass is 285 g/mol. The summed E-state index contributed by atoms with van der Waals surface area (Å²) in [5, 5.41) is 3.20. The van der Waals surface area contributed by atoms with Crippen LogP contribution in [0.2, 0.25) is 0 Å². The van der Waals surface area contributed by atoms with Crippen LogP contribution in [0.4, 0.5) is 0 Å². The first kappa shape index (κ1) is 16.0. The summed E-state index contributed by atoms with van der Waals surface area (Å²) in [6, 6.07) is 7.41. The number of nitrogens with one attached hydrogen (secondary N) is 1. The van der Waals surface area contributed by atoms with E-state index in [1.807, 2.05) is 45.0 Å². The van der Waals surface area contributed by atoms with Crippen LogP contribution in [-0.2, 0) is 9.84 Å². The zero-order valence-electron chi connectivity index (χ0n) is 12.0. The molecule has 0 aliphatic rings. The van der Waals surface area contributed by atoms with Crippen molar-refractivity contribution in [3.8, 4) is 5.75 Å². The quantitative estimate of drug-likeness (QED) is 0.834. The predicted octanol–water partition coefficient (Wildman–Crippen LogP) is 2.17. The maximum atomic E-state index is 11.4. The van der Waals surface area contributed by atoms with E-state index in [1.54, 1.807) is 0 Å². The number of hydrogen-bond acceptors (Lipinski definition) is 4. The summed E-state index contributed by atoms with van der Waals surface area (Å²) in [5.41, 5.74) is 0.961. The Labute approximate surface area is 116 Å². The average molecular weight is 285 g/mol. The predicted molar refractivity (Wildman–Crippen MR) is 78.3 cm³/mol. The van der Waals surface area contributed by atoms with E-state index < -0.39 is 9.84 Å². The van der Waals surface area contributed by atoms with Crippen molar-refractivity contribution < 1.29 is 13.2 Å². The number of benzene rings is 1. The van der Waals surface area contributed by atoms with Crippen molar-refractivity contribution >= 4 is 9.84 Å². The third-order valence-corrected chi connectivity index (χ3v) is 3.51. The highest BCUT2D eigenvalue weighted by molar-refractivity contribution is 7.90. The Morgan fingerprint density at radius 2 is 1.79 bits per heavy atom. The Balaban J connectivity index is 2.85. The minimum absolute atomic E-state index is 0.102. The topological polar surface area (TPSA) is 55.4 Å². The summed E-state index contributed by atoms with van der Waals surface area (Å²) in [5.74, 6) is 0.902. The maximum Gasteiger partial charge on any atom is 0.149 e. The Morgan fingerprint density at radius 1 is 1.21 bits per heavy atom. The van der Waals surface area contributed by atoms with Gasteiger partial charge in [0.05, 0.1) is 11.9 Å². The molecule has 0 aromatic heterocycles. The second-order valence-corrected chi connectivity index (χ2v) is 7.12. The van der Waals surface area contributed by atoms with Crippen LogP contribution < -0.4 is 10.1 Å². The van der Waals surface area contributed by atoms with Gasteiger partial charge in [0.2, 0.25) is 0 Å². The second kappa shape index (κ2) is 6.91. The maximum absolute atomic E-state index is 11.4. The SMILES string of the molecule is CCNC(CS(C)(=O)=O)c1ccc(OC(C)C)cc1. The van der Waals surface area contributed by atoms with Gasteiger partial charge < -0.3 is 10.1 Å². The summed E-state index contributed by atoms with van der Waals surface area (Å²) in [6.07, 6.45) is 1.39. The zero-order valence-corrected chi connectivity index (χ0v) is 12.8. The summed E-state index contributed by atoms with van der Waals surface area (Å²) >= 11 is 0. The van der Waals surface area contributed by atoms with Crippen molar-refractivity contribution in [1.29, 1.82) is 0 Å². The highest BCUT2D eigenvalue weighted by Gasteiger charge is 2.16. The van der Waals surface area contributed by atoms with E-state index in [4.69, 9.17) is 4.74 Å². The van der Waals surface area contributed by atoms with Gasteiger partial charge in [0.15, 0.2) is 0 Å². The fourth-order valence-corrected chi connectivity index (χ4v) is 2.79. The van der Waals surface area contributed by atoms with Crippen molar-refractivity contribution in [2.45, 2.75) is 32.9 Å². The standard InChI is InChI=1S/C14H23NO3S/c1-5-15-14(10-19(4,16)17)12-6-8-13(9-7-12)18-11(2)3/h6-9,11,14-15H,5,10H2,1-4H3. The van der Waals surface area contributed by atoms with Crippen LogP contribution in [0.25, 0.3) is 0 Å². The van der Waals surface area contributed by atoms with Gasteiger partial charge in [-0.3, -0.25) is 0 Å². The van der Waals surface area contributed by atoms with E-state index in [-0.39, 0.29) is 17.9 Å². The van der Waals surface area contributed by atoms with Crippen molar-refractivity contribution in [3.05, 3.63) is 29.8 Å². The molecule has 1 unspecified atom stereocenters. The molecule has 1 aromatic carbocycles. The van der Waals surface area contributed by atoms with Crippen molar-refractivity contribution in [3.63, 3.8) is 0 Å². The molecule has 19 heavy (non-hydrogen) atoms. The Hall–Kier alpha value is -1.07. The molecule has 0 spiro atoms. The lowest BCUT2D eigenvalue weighted by molar-refractivity contribution is 0.242. The van der Waals surface area contributed by atoms with E-state index in [2.05, 4.69) is 5.32 Å². The molecular weight excluding hydrogens is 262 g/mol. The molecular formula is C14H23NO3S. The molecule has 1 atom stereocenters. The lowest BCUT2D eigenvalue weighted by Gasteiger charge is -2.18. The fraction of sp³-hybridized carbons (Fsp3) is 0.571. The number of hydrogen-bond donors (Lipinski definition) is 1. The van der Waals surface area contributed by atoms with Crippen LogP contribution in [0.5, 0.6) is 5.75 Å². The third kappa shape index (κ3) is 6.07. The number of ether oxygens (including phenoxy) is 1. The summed E-state index contributed by atoms with van der Waals surface area (Å²) in [7, 11) is -3.02. The summed E-state index contributed by atoms with van der Waals surface area (Å²) in [6.45, 7) is 6.63. The van der Waals surface area contributed by atoms with Gasteiger partial charge in [0.25, 0.3) is 0 Å². The molecule has 1 aromatic rings. The zero-order chi connectivity index (χ0) is 14.5. The van der Waals surface area contributed by atoms with Crippen LogP contribution in [-0.4, -0.2) is 33.1 Å². The van der Waals surface area contributed by atoms with E-state index in [1.165, 1.54) is 6.26 Å². The largest absolute Gasteiger partial charge is 0.491 e. The molecule has 108 valence electrons. The molecule has 0 bridgehead atoms. The molecule has 0 saturated heterocycles. The van der Waals surface area contributed by atoms with Crippen molar-refractivity contribution in [2.75, 3.05) is 18.6 Å². The van der Waals surface area contributed by atoms with Gasteiger partial charge in [-0.15, -0.1) is 0 Å². The summed E-state index contributed by atoms with van der Waals surface area (Å²) in [4.78, 5) is 0. The van der Waals surface area contributed by atoms with Crippen molar-refractivity contribution in [2.24, 2.45) is 0 Å². The van der Waals surface area contributed by atoms with Gasteiger partial charge in [-0.1, -0.05) is 19.1 Å². The minimum atomic E-state index is -3.02. The molecule has 4 nitrogen and oxygen atoms in total. The van der Waals surface area contributed by atoms with Crippen molar-refractivity contribution in [1.82, 2.24) is 5.32 Å². The molecule has 1 rings (SSSR count). The second-order valence-electron chi connectivity index (χ2n) is 4.94. The van der Waals surface area contributed by atoms with Crippen LogP contribution in [0.15, 0.2) is 24.3 Å². The Bertz CT molecular complexity index is 480. The molecule has 0 heterocycles. The lowest BCUT2D eigenvalue weighted by Crippen LogP contribution is -2.27. The first-order valence-corrected chi connectivity index (χ1v) is 8.55. The molecule has 0 aliphatic carbocycles. The lowest BCUT2D eigenvalue weighted by atomic mass is 10.1. The van der Waals surface area contributed by atoms with Gasteiger partial charge in [-0.2, -0.15) is 0 Å². The van der Waals surface area contributed by atoms with Gasteiger partial charge in [-0.05, 0) is 38.1 Å². The highest BCUT2D eigenvalue weighted by atomic mass is 32.2. The number of sulfone groups is 1. The highest BCUT2D eigenvalue weighted by Crippen LogP contribution is 2.20. The number of rotatable bonds is 7. The first-order valence-electron chi connectivity index (χ1n) is 6.49. The minimum Gasteiger partial charge on any atom is -0.491 e. The Kier molecular flexibility index (Phi) is 5.82. The fourth-order valence-electron chi connectivity index (χ4n) is 1.87. The molecule has 0 fully saturated rings. The van der Waals surface area contributed by atoms with Crippen LogP contribution in [0.3, 0.4) is 0 Å². The average Bonchev–Trinajstić information content (AvgIpc) is 2.27. The normalized spacial score (nSPS) is 13.5. The third-order valence-electron chi connectivity index (χ3n) is 2.57. The first-order chi connectivity index (χ1) is 8.81. The van der Waals surface area contributed by atoms with Crippen LogP contribution >= 0.6 is 0 Å². The smallest absolute Gasteiger partial charge is 0.149 e. The summed E-state index contributed by atoms with van der Waals surface area (Å²) < 4.78 is 28.4. The van der Waals surface area contributed by atoms with E-state index in [0.29, 0.717) is 0 Å². The van der Waals surface area contributed by atoms with E-state index in [9.17, 15) is 8.42 Å². The van der Waals surface area contributed by atoms with E-state index in [0.717, 1.165) is 17.9 Å². The molecule has 0 radical (unpaired) electrons. The van der Waals surface area contributed by atoms with Gasteiger partial charge >= 0.3 is 0 Å². The Morgan fingerprint density at radius 3 is 2.21 bits per heavy atom. The molecule has 0 amide bonds. The van der Waals surface area contributed by atoms with Gasteiger partial charge in [0.1, 0.15) is 15.6 Å². The van der Waals surface area contributed by atoms with Gasteiger partial charge in [-0.25, -0.2) is 8.42 Å². The molecule has 0 aliphatic heterocycles. The van der Waals surface area contributed by atoms with Gasteiger partial charge in [0, 0.05) is 12.3 Å². The van der Waals surface area contributed by atoms with Crippen LogP contribution in [0, 0.1) is 0 Å². The molecule has 5 heteroatoms. The van der Waals surface area contributed by atoms with E-state index >= 15 is 0 Å². The molecule has 1 N–H and O–H groups in total.